The Morgan fingerprint density at radius 2 is 2.03 bits per heavy atom. The molecule has 0 saturated carbocycles. The first-order valence-electron chi connectivity index (χ1n) is 10.6. The fourth-order valence-corrected chi connectivity index (χ4v) is 5.42. The van der Waals surface area contributed by atoms with Crippen molar-refractivity contribution in [1.82, 2.24) is 19.5 Å². The molecule has 0 radical (unpaired) electrons. The van der Waals surface area contributed by atoms with Gasteiger partial charge in [0.2, 0.25) is 16.7 Å². The van der Waals surface area contributed by atoms with Gasteiger partial charge in [-0.1, -0.05) is 23.5 Å². The predicted molar refractivity (Wildman–Crippen MR) is 121 cm³/mol. The molecule has 1 aliphatic rings. The second-order valence-electron chi connectivity index (χ2n) is 7.98. The lowest BCUT2D eigenvalue weighted by Crippen LogP contribution is -2.39. The molecular formula is C22H21N5O6S. The number of furan rings is 1. The minimum Gasteiger partial charge on any atom is -0.492 e. The van der Waals surface area contributed by atoms with Crippen LogP contribution in [0, 0.1) is 16.0 Å². The summed E-state index contributed by atoms with van der Waals surface area (Å²) < 4.78 is 11.6. The molecule has 11 nitrogen and oxygen atoms in total. The van der Waals surface area contributed by atoms with Gasteiger partial charge in [0.25, 0.3) is 5.69 Å². The molecule has 4 heterocycles. The highest BCUT2D eigenvalue weighted by Gasteiger charge is 2.34. The van der Waals surface area contributed by atoms with Gasteiger partial charge in [-0.3, -0.25) is 19.8 Å². The number of aromatic hydroxyl groups is 1. The van der Waals surface area contributed by atoms with Crippen molar-refractivity contribution in [1.29, 1.82) is 0 Å². The molecule has 0 bridgehead atoms. The van der Waals surface area contributed by atoms with Gasteiger partial charge in [0.15, 0.2) is 5.76 Å². The maximum absolute atomic E-state index is 12.0. The van der Waals surface area contributed by atoms with E-state index in [1.165, 1.54) is 41.4 Å². The van der Waals surface area contributed by atoms with E-state index >= 15 is 0 Å². The first kappa shape index (κ1) is 22.0. The van der Waals surface area contributed by atoms with Crippen LogP contribution in [0.15, 0.2) is 47.1 Å². The number of likely N-dealkylation sites (tertiary alicyclic amines) is 1. The summed E-state index contributed by atoms with van der Waals surface area (Å²) in [6, 6.07) is 9.37. The molecular weight excluding hydrogens is 462 g/mol. The highest BCUT2D eigenvalue weighted by Crippen LogP contribution is 2.42. The molecule has 5 rings (SSSR count). The van der Waals surface area contributed by atoms with Crippen LogP contribution in [-0.4, -0.2) is 55.7 Å². The van der Waals surface area contributed by atoms with Crippen molar-refractivity contribution in [3.63, 3.8) is 0 Å². The lowest BCUT2D eigenvalue weighted by atomic mass is 9.93. The van der Waals surface area contributed by atoms with E-state index in [1.54, 1.807) is 24.3 Å². The largest absolute Gasteiger partial charge is 0.492 e. The van der Waals surface area contributed by atoms with Gasteiger partial charge in [0.1, 0.15) is 0 Å². The monoisotopic (exact) mass is 483 g/mol. The number of esters is 1. The molecule has 176 valence electrons. The van der Waals surface area contributed by atoms with Gasteiger partial charge >= 0.3 is 5.97 Å². The van der Waals surface area contributed by atoms with Crippen molar-refractivity contribution in [3.05, 3.63) is 63.2 Å². The van der Waals surface area contributed by atoms with Gasteiger partial charge in [-0.25, -0.2) is 0 Å². The standard InChI is InChI=1S/C22H21N5O6S/c1-32-21(29)14-8-10-25(11-9-14)17(13-4-6-15(7-5-13)27(30)31)18-20(28)26-22(34-18)23-19(24-26)16-3-2-12-33-16/h2-7,12,14,17,28H,8-11H2,1H3/t17-/m0/s1. The van der Waals surface area contributed by atoms with E-state index in [1.807, 2.05) is 0 Å². The minimum atomic E-state index is -0.447. The molecule has 1 saturated heterocycles. The number of nitro benzene ring substituents is 1. The summed E-state index contributed by atoms with van der Waals surface area (Å²) in [6.07, 6.45) is 2.75. The predicted octanol–water partition coefficient (Wildman–Crippen LogP) is 3.64. The van der Waals surface area contributed by atoms with Crippen LogP contribution < -0.4 is 0 Å². The number of carbonyl (C=O) groups is 1. The second-order valence-corrected chi connectivity index (χ2v) is 8.99. The molecule has 1 atom stereocenters. The zero-order chi connectivity index (χ0) is 23.8. The van der Waals surface area contributed by atoms with Gasteiger partial charge in [0.05, 0.1) is 35.1 Å². The summed E-state index contributed by atoms with van der Waals surface area (Å²) >= 11 is 1.29. The van der Waals surface area contributed by atoms with Crippen molar-refractivity contribution in [3.8, 4) is 17.5 Å². The third-order valence-electron chi connectivity index (χ3n) is 6.04. The Labute approximate surface area is 197 Å². The van der Waals surface area contributed by atoms with Crippen LogP contribution in [0.1, 0.15) is 29.3 Å². The van der Waals surface area contributed by atoms with Gasteiger partial charge < -0.3 is 14.3 Å². The normalized spacial score (nSPS) is 16.0. The van der Waals surface area contributed by atoms with E-state index in [0.29, 0.717) is 47.4 Å². The zero-order valence-electron chi connectivity index (χ0n) is 18.2. The molecule has 0 amide bonds. The summed E-state index contributed by atoms with van der Waals surface area (Å²) in [5.74, 6) is 0.408. The average Bonchev–Trinajstić information content (AvgIpc) is 3.58. The number of nitrogens with zero attached hydrogens (tertiary/aromatic N) is 5. The molecule has 34 heavy (non-hydrogen) atoms. The summed E-state index contributed by atoms with van der Waals surface area (Å²) in [6.45, 7) is 1.18. The van der Waals surface area contributed by atoms with Crippen LogP contribution >= 0.6 is 11.3 Å². The number of hydrogen-bond acceptors (Lipinski definition) is 10. The highest BCUT2D eigenvalue weighted by atomic mass is 32.1. The molecule has 0 unspecified atom stereocenters. The van der Waals surface area contributed by atoms with Crippen LogP contribution in [0.2, 0.25) is 0 Å². The van der Waals surface area contributed by atoms with Crippen LogP contribution in [0.3, 0.4) is 0 Å². The zero-order valence-corrected chi connectivity index (χ0v) is 19.0. The Balaban J connectivity index is 1.52. The Hall–Kier alpha value is -3.77. The third-order valence-corrected chi connectivity index (χ3v) is 7.11. The quantitative estimate of drug-likeness (QED) is 0.248. The second kappa shape index (κ2) is 8.88. The van der Waals surface area contributed by atoms with E-state index in [4.69, 9.17) is 9.15 Å². The van der Waals surface area contributed by atoms with Crippen molar-refractivity contribution >= 4 is 28.0 Å². The molecule has 12 heteroatoms. The van der Waals surface area contributed by atoms with E-state index in [9.17, 15) is 20.0 Å². The van der Waals surface area contributed by atoms with Gasteiger partial charge in [-0.2, -0.15) is 9.50 Å². The minimum absolute atomic E-state index is 0.0122. The van der Waals surface area contributed by atoms with Gasteiger partial charge in [-0.15, -0.1) is 5.10 Å². The molecule has 1 aliphatic heterocycles. The van der Waals surface area contributed by atoms with Crippen LogP contribution in [0.25, 0.3) is 16.5 Å². The number of fused-ring (bicyclic) bond motifs is 1. The summed E-state index contributed by atoms with van der Waals surface area (Å²) in [5.41, 5.74) is 0.773. The van der Waals surface area contributed by atoms with Crippen LogP contribution in [0.4, 0.5) is 5.69 Å². The van der Waals surface area contributed by atoms with Crippen LogP contribution in [0.5, 0.6) is 5.88 Å². The lowest BCUT2D eigenvalue weighted by molar-refractivity contribution is -0.384. The van der Waals surface area contributed by atoms with E-state index < -0.39 is 4.92 Å². The number of non-ortho nitro benzene ring substituents is 1. The average molecular weight is 484 g/mol. The van der Waals surface area contributed by atoms with Crippen molar-refractivity contribution in [2.75, 3.05) is 20.2 Å². The number of carbonyl (C=O) groups excluding carboxylic acids is 1. The number of methoxy groups -OCH3 is 1. The first-order chi connectivity index (χ1) is 16.5. The Bertz CT molecular complexity index is 1320. The Morgan fingerprint density at radius 1 is 1.29 bits per heavy atom. The molecule has 0 spiro atoms. The maximum Gasteiger partial charge on any atom is 0.308 e. The van der Waals surface area contributed by atoms with E-state index in [2.05, 4.69) is 15.0 Å². The third kappa shape index (κ3) is 3.90. The molecule has 0 aliphatic carbocycles. The fraction of sp³-hybridized carbons (Fsp3) is 0.318. The Morgan fingerprint density at radius 3 is 2.62 bits per heavy atom. The molecule has 3 aromatic heterocycles. The van der Waals surface area contributed by atoms with E-state index in [0.717, 1.165) is 5.56 Å². The van der Waals surface area contributed by atoms with Crippen molar-refractivity contribution in [2.24, 2.45) is 5.92 Å². The number of ether oxygens (including phenoxy) is 1. The number of hydrogen-bond donors (Lipinski definition) is 1. The smallest absolute Gasteiger partial charge is 0.308 e. The Kier molecular flexibility index (Phi) is 5.75. The number of nitro groups is 1. The highest BCUT2D eigenvalue weighted by molar-refractivity contribution is 7.17. The maximum atomic E-state index is 12.0. The SMILES string of the molecule is COC(=O)C1CCN([C@@H](c2ccc([N+](=O)[O-])cc2)c2sc3nc(-c4ccco4)nn3c2O)CC1. The summed E-state index contributed by atoms with van der Waals surface area (Å²) in [7, 11) is 1.39. The molecule has 4 aromatic rings. The van der Waals surface area contributed by atoms with Crippen molar-refractivity contribution < 1.29 is 24.0 Å². The summed E-state index contributed by atoms with van der Waals surface area (Å²) in [4.78, 5) is 30.4. The van der Waals surface area contributed by atoms with Gasteiger partial charge in [0, 0.05) is 12.1 Å². The fourth-order valence-electron chi connectivity index (χ4n) is 4.30. The van der Waals surface area contributed by atoms with Crippen LogP contribution in [-0.2, 0) is 9.53 Å². The topological polar surface area (TPSA) is 136 Å². The number of benzene rings is 1. The molecule has 1 fully saturated rings. The van der Waals surface area contributed by atoms with E-state index in [-0.39, 0.29) is 29.5 Å². The number of thiazole rings is 1. The number of rotatable bonds is 6. The number of aromatic nitrogens is 3. The van der Waals surface area contributed by atoms with Crippen molar-refractivity contribution in [2.45, 2.75) is 18.9 Å². The lowest BCUT2D eigenvalue weighted by Gasteiger charge is -2.36. The number of piperidine rings is 1. The van der Waals surface area contributed by atoms with Gasteiger partial charge in [-0.05, 0) is 43.6 Å². The summed E-state index contributed by atoms with van der Waals surface area (Å²) in [5, 5.41) is 26.6. The molecule has 1 aromatic carbocycles. The first-order valence-corrected chi connectivity index (χ1v) is 11.5. The molecule has 1 N–H and O–H groups in total.